The zero-order valence-corrected chi connectivity index (χ0v) is 9.60. The summed E-state index contributed by atoms with van der Waals surface area (Å²) in [6.07, 6.45) is 10.0. The van der Waals surface area contributed by atoms with Crippen molar-refractivity contribution in [2.24, 2.45) is 0 Å². The SMILES string of the molecule is C1=CCCCC1.c1ccc2ccccc2c1. The molecule has 2 aromatic carbocycles. The average Bonchev–Trinajstić information content (AvgIpc) is 2.42. The smallest absolute Gasteiger partial charge is 0.0184 e. The molecule has 16 heavy (non-hydrogen) atoms. The monoisotopic (exact) mass is 210 g/mol. The molecule has 1 aliphatic rings. The molecule has 2 aromatic rings. The zero-order valence-electron chi connectivity index (χ0n) is 9.60. The van der Waals surface area contributed by atoms with Gasteiger partial charge in [0.15, 0.2) is 0 Å². The highest BCUT2D eigenvalue weighted by Gasteiger charge is 1.87. The van der Waals surface area contributed by atoms with Gasteiger partial charge >= 0.3 is 0 Å². The summed E-state index contributed by atoms with van der Waals surface area (Å²) in [4.78, 5) is 0. The highest BCUT2D eigenvalue weighted by atomic mass is 13.9. The highest BCUT2D eigenvalue weighted by molar-refractivity contribution is 5.81. The van der Waals surface area contributed by atoms with E-state index in [4.69, 9.17) is 0 Å². The van der Waals surface area contributed by atoms with Gasteiger partial charge in [-0.1, -0.05) is 60.7 Å². The van der Waals surface area contributed by atoms with Gasteiger partial charge in [-0.3, -0.25) is 0 Å². The Balaban J connectivity index is 0.000000138. The van der Waals surface area contributed by atoms with Crippen molar-refractivity contribution in [2.75, 3.05) is 0 Å². The van der Waals surface area contributed by atoms with E-state index in [9.17, 15) is 0 Å². The van der Waals surface area contributed by atoms with E-state index in [-0.39, 0.29) is 0 Å². The molecule has 0 amide bonds. The second-order valence-electron chi connectivity index (χ2n) is 4.10. The number of hydrogen-bond acceptors (Lipinski definition) is 0. The lowest BCUT2D eigenvalue weighted by Gasteiger charge is -1.97. The Kier molecular flexibility index (Phi) is 4.18. The van der Waals surface area contributed by atoms with E-state index >= 15 is 0 Å². The highest BCUT2D eigenvalue weighted by Crippen LogP contribution is 2.11. The molecule has 0 aliphatic heterocycles. The molecule has 0 fully saturated rings. The van der Waals surface area contributed by atoms with E-state index < -0.39 is 0 Å². The molecule has 0 nitrogen and oxygen atoms in total. The van der Waals surface area contributed by atoms with Crippen molar-refractivity contribution in [3.05, 3.63) is 60.7 Å². The van der Waals surface area contributed by atoms with E-state index in [1.807, 2.05) is 0 Å². The van der Waals surface area contributed by atoms with Crippen molar-refractivity contribution >= 4 is 10.8 Å². The molecule has 0 unspecified atom stereocenters. The first kappa shape index (κ1) is 10.9. The van der Waals surface area contributed by atoms with Gasteiger partial charge in [-0.05, 0) is 36.5 Å². The normalized spacial score (nSPS) is 14.2. The molecule has 0 heteroatoms. The minimum Gasteiger partial charge on any atom is -0.0885 e. The van der Waals surface area contributed by atoms with Gasteiger partial charge in [0.1, 0.15) is 0 Å². The van der Waals surface area contributed by atoms with Gasteiger partial charge in [0, 0.05) is 0 Å². The van der Waals surface area contributed by atoms with Crippen LogP contribution in [0.2, 0.25) is 0 Å². The van der Waals surface area contributed by atoms with Crippen LogP contribution in [0.1, 0.15) is 25.7 Å². The van der Waals surface area contributed by atoms with Crippen LogP contribution >= 0.6 is 0 Å². The molecule has 0 N–H and O–H groups in total. The second-order valence-corrected chi connectivity index (χ2v) is 4.10. The quantitative estimate of drug-likeness (QED) is 0.539. The lowest BCUT2D eigenvalue weighted by atomic mass is 10.1. The Morgan fingerprint density at radius 1 is 0.562 bits per heavy atom. The summed E-state index contributed by atoms with van der Waals surface area (Å²) in [5, 5.41) is 2.62. The molecule has 0 radical (unpaired) electrons. The van der Waals surface area contributed by atoms with Crippen LogP contribution in [0.3, 0.4) is 0 Å². The van der Waals surface area contributed by atoms with Crippen molar-refractivity contribution in [3.8, 4) is 0 Å². The molecule has 0 bridgehead atoms. The summed E-state index contributed by atoms with van der Waals surface area (Å²) in [6.45, 7) is 0. The summed E-state index contributed by atoms with van der Waals surface area (Å²) < 4.78 is 0. The summed E-state index contributed by atoms with van der Waals surface area (Å²) in [6, 6.07) is 16.7. The van der Waals surface area contributed by atoms with Crippen LogP contribution in [0.4, 0.5) is 0 Å². The third-order valence-corrected chi connectivity index (χ3v) is 2.82. The van der Waals surface area contributed by atoms with Crippen LogP contribution in [0, 0.1) is 0 Å². The molecule has 3 rings (SSSR count). The fraction of sp³-hybridized carbons (Fsp3) is 0.250. The minimum absolute atomic E-state index is 1.31. The number of rotatable bonds is 0. The lowest BCUT2D eigenvalue weighted by molar-refractivity contribution is 0.730. The van der Waals surface area contributed by atoms with Crippen LogP contribution in [0.15, 0.2) is 60.7 Å². The van der Waals surface area contributed by atoms with Crippen molar-refractivity contribution < 1.29 is 0 Å². The lowest BCUT2D eigenvalue weighted by Crippen LogP contribution is -1.77. The Labute approximate surface area is 97.6 Å². The summed E-state index contributed by atoms with van der Waals surface area (Å²) in [7, 11) is 0. The Hall–Kier alpha value is -1.56. The van der Waals surface area contributed by atoms with Crippen molar-refractivity contribution in [3.63, 3.8) is 0 Å². The first-order valence-electron chi connectivity index (χ1n) is 6.05. The van der Waals surface area contributed by atoms with E-state index in [2.05, 4.69) is 60.7 Å². The number of hydrogen-bond donors (Lipinski definition) is 0. The van der Waals surface area contributed by atoms with Crippen LogP contribution in [-0.2, 0) is 0 Å². The molecule has 0 spiro atoms. The van der Waals surface area contributed by atoms with Crippen LogP contribution in [0.25, 0.3) is 10.8 Å². The fourth-order valence-electron chi connectivity index (χ4n) is 1.89. The van der Waals surface area contributed by atoms with Gasteiger partial charge in [0.05, 0.1) is 0 Å². The Morgan fingerprint density at radius 2 is 0.938 bits per heavy atom. The molecule has 0 atom stereocenters. The standard InChI is InChI=1S/C10H8.C6H10/c1-2-6-10-8-4-3-7-9(10)5-1;1-2-4-6-5-3-1/h1-8H;1-2H,3-6H2. The Morgan fingerprint density at radius 3 is 1.19 bits per heavy atom. The van der Waals surface area contributed by atoms with Crippen LogP contribution in [0.5, 0.6) is 0 Å². The van der Waals surface area contributed by atoms with Gasteiger partial charge in [-0.2, -0.15) is 0 Å². The van der Waals surface area contributed by atoms with Gasteiger partial charge < -0.3 is 0 Å². The molecular formula is C16H18. The predicted octanol–water partition coefficient (Wildman–Crippen LogP) is 4.96. The van der Waals surface area contributed by atoms with Gasteiger partial charge in [-0.15, -0.1) is 0 Å². The third-order valence-electron chi connectivity index (χ3n) is 2.82. The van der Waals surface area contributed by atoms with E-state index in [0.717, 1.165) is 0 Å². The van der Waals surface area contributed by atoms with E-state index in [0.29, 0.717) is 0 Å². The van der Waals surface area contributed by atoms with Crippen LogP contribution in [-0.4, -0.2) is 0 Å². The number of fused-ring (bicyclic) bond motifs is 1. The maximum Gasteiger partial charge on any atom is -0.0184 e. The summed E-state index contributed by atoms with van der Waals surface area (Å²) >= 11 is 0. The molecule has 1 aliphatic carbocycles. The van der Waals surface area contributed by atoms with Gasteiger partial charge in [-0.25, -0.2) is 0 Å². The van der Waals surface area contributed by atoms with Crippen molar-refractivity contribution in [1.29, 1.82) is 0 Å². The largest absolute Gasteiger partial charge is 0.0885 e. The second kappa shape index (κ2) is 6.12. The minimum atomic E-state index is 1.31. The van der Waals surface area contributed by atoms with Crippen LogP contribution < -0.4 is 0 Å². The van der Waals surface area contributed by atoms with Gasteiger partial charge in [0.2, 0.25) is 0 Å². The molecule has 0 heterocycles. The first-order valence-corrected chi connectivity index (χ1v) is 6.05. The maximum absolute atomic E-state index is 2.27. The zero-order chi connectivity index (χ0) is 11.1. The topological polar surface area (TPSA) is 0 Å². The summed E-state index contributed by atoms with van der Waals surface area (Å²) in [5.74, 6) is 0. The molecule has 0 aromatic heterocycles. The molecule has 0 saturated carbocycles. The average molecular weight is 210 g/mol. The van der Waals surface area contributed by atoms with Crippen molar-refractivity contribution in [1.82, 2.24) is 0 Å². The summed E-state index contributed by atoms with van der Waals surface area (Å²) in [5.41, 5.74) is 0. The van der Waals surface area contributed by atoms with E-state index in [1.165, 1.54) is 36.5 Å². The predicted molar refractivity (Wildman–Crippen MR) is 71.6 cm³/mol. The number of benzene rings is 2. The number of allylic oxidation sites excluding steroid dienone is 2. The first-order chi connectivity index (χ1) is 7.97. The molecule has 82 valence electrons. The fourth-order valence-corrected chi connectivity index (χ4v) is 1.89. The third kappa shape index (κ3) is 3.23. The van der Waals surface area contributed by atoms with Gasteiger partial charge in [0.25, 0.3) is 0 Å². The van der Waals surface area contributed by atoms with Crippen molar-refractivity contribution in [2.45, 2.75) is 25.7 Å². The Bertz CT molecular complexity index is 381. The van der Waals surface area contributed by atoms with E-state index in [1.54, 1.807) is 0 Å². The molecule has 0 saturated heterocycles. The molecular weight excluding hydrogens is 192 g/mol. The maximum atomic E-state index is 2.27.